The highest BCUT2D eigenvalue weighted by Gasteiger charge is 2.68. The summed E-state index contributed by atoms with van der Waals surface area (Å²) in [6, 6.07) is 0.486. The largest absolute Gasteiger partial charge is 0.508 e. The van der Waals surface area contributed by atoms with Crippen molar-refractivity contribution >= 4 is 35.0 Å². The number of carbonyl (C=O) groups excluding carboxylic acids is 3. The molecule has 1 amide bonds. The number of hydrogen-bond donors (Lipinski definition) is 6. The molecule has 0 bridgehead atoms. The number of likely N-dealkylation sites (N-methyl/N-ethyl adjacent to an activating group) is 1. The Morgan fingerprint density at radius 2 is 1.77 bits per heavy atom. The summed E-state index contributed by atoms with van der Waals surface area (Å²) in [6.07, 6.45) is 0.289. The Morgan fingerprint density at radius 1 is 1.18 bits per heavy atom. The number of aliphatic hydroxyl groups is 4. The molecule has 6 atom stereocenters. The zero-order valence-electron chi connectivity index (χ0n) is 23.1. The number of carbonyl (C=O) groups is 3. The second kappa shape index (κ2) is 9.36. The van der Waals surface area contributed by atoms with Crippen molar-refractivity contribution in [3.63, 3.8) is 0 Å². The topological polar surface area (TPSA) is 182 Å². The van der Waals surface area contributed by atoms with Gasteiger partial charge in [-0.3, -0.25) is 19.3 Å². The number of phenols is 1. The molecule has 0 saturated heterocycles. The molecule has 1 aromatic carbocycles. The van der Waals surface area contributed by atoms with E-state index in [1.807, 2.05) is 33.1 Å². The molecular weight excluding hydrogens is 524 g/mol. The van der Waals surface area contributed by atoms with Crippen LogP contribution in [0.25, 0.3) is 5.76 Å². The number of phenolic OH excluding ortho intramolecular Hbond substituents is 1. The minimum atomic E-state index is -2.93. The predicted molar refractivity (Wildman–Crippen MR) is 146 cm³/mol. The van der Waals surface area contributed by atoms with E-state index in [1.165, 1.54) is 30.8 Å². The SMILES string of the molecule is CSCc1cc(C(C)(C)C)c(O)c2c1[C@@H](C)[C@H]1C(=C2O)C(=O)[C@@]2(O)C(O)=C(C(N)=O)C(=O)[C@H](N(C)C)[C@H]2[C@@H]1O. The van der Waals surface area contributed by atoms with E-state index in [1.54, 1.807) is 6.92 Å². The third-order valence-electron chi connectivity index (χ3n) is 8.42. The Morgan fingerprint density at radius 3 is 2.26 bits per heavy atom. The molecule has 3 aliphatic carbocycles. The van der Waals surface area contributed by atoms with Crippen LogP contribution in [0, 0.1) is 11.8 Å². The third-order valence-corrected chi connectivity index (χ3v) is 9.02. The monoisotopic (exact) mass is 560 g/mol. The number of nitrogens with two attached hydrogens (primary N) is 1. The van der Waals surface area contributed by atoms with Crippen molar-refractivity contribution in [1.29, 1.82) is 0 Å². The van der Waals surface area contributed by atoms with Gasteiger partial charge < -0.3 is 31.3 Å². The van der Waals surface area contributed by atoms with Gasteiger partial charge in [-0.15, -0.1) is 0 Å². The summed E-state index contributed by atoms with van der Waals surface area (Å²) in [4.78, 5) is 41.0. The molecule has 1 aromatic rings. The normalized spacial score (nSPS) is 30.9. The summed E-state index contributed by atoms with van der Waals surface area (Å²) in [6.45, 7) is 7.44. The van der Waals surface area contributed by atoms with Gasteiger partial charge in [-0.25, -0.2) is 0 Å². The molecule has 3 aliphatic rings. The maximum atomic E-state index is 14.1. The summed E-state index contributed by atoms with van der Waals surface area (Å²) >= 11 is 1.53. The number of primary amides is 1. The van der Waals surface area contributed by atoms with Crippen molar-refractivity contribution in [3.05, 3.63) is 45.2 Å². The lowest BCUT2D eigenvalue weighted by Crippen LogP contribution is -2.70. The smallest absolute Gasteiger partial charge is 0.255 e. The molecule has 10 nitrogen and oxygen atoms in total. The molecule has 0 aliphatic heterocycles. The average molecular weight is 561 g/mol. The minimum absolute atomic E-state index is 0.0301. The Kier molecular flexibility index (Phi) is 6.99. The number of nitrogens with zero attached hydrogens (tertiary/aromatic N) is 1. The minimum Gasteiger partial charge on any atom is -0.508 e. The highest BCUT2D eigenvalue weighted by atomic mass is 32.2. The fourth-order valence-corrected chi connectivity index (χ4v) is 7.27. The lowest BCUT2D eigenvalue weighted by atomic mass is 9.54. The average Bonchev–Trinajstić information content (AvgIpc) is 2.81. The number of amides is 1. The van der Waals surface area contributed by atoms with Crippen LogP contribution < -0.4 is 5.73 Å². The first-order valence-corrected chi connectivity index (χ1v) is 14.0. The molecule has 212 valence electrons. The lowest BCUT2D eigenvalue weighted by molar-refractivity contribution is -0.169. The molecule has 4 rings (SSSR count). The number of benzene rings is 1. The van der Waals surface area contributed by atoms with E-state index >= 15 is 0 Å². The Balaban J connectivity index is 2.11. The number of ketones is 2. The first-order valence-electron chi connectivity index (χ1n) is 12.6. The number of fused-ring (bicyclic) bond motifs is 3. The van der Waals surface area contributed by atoms with Crippen LogP contribution in [0.1, 0.15) is 55.9 Å². The van der Waals surface area contributed by atoms with Gasteiger partial charge in [0, 0.05) is 22.8 Å². The van der Waals surface area contributed by atoms with Crippen LogP contribution in [-0.4, -0.2) is 86.0 Å². The second-order valence-electron chi connectivity index (χ2n) is 12.0. The predicted octanol–water partition coefficient (Wildman–Crippen LogP) is 1.66. The summed E-state index contributed by atoms with van der Waals surface area (Å²) < 4.78 is 0. The maximum absolute atomic E-state index is 14.1. The van der Waals surface area contributed by atoms with E-state index in [-0.39, 0.29) is 16.9 Å². The Labute approximate surface area is 231 Å². The van der Waals surface area contributed by atoms with Gasteiger partial charge in [-0.1, -0.05) is 33.8 Å². The summed E-state index contributed by atoms with van der Waals surface area (Å²) in [7, 11) is 2.96. The molecule has 0 aromatic heterocycles. The van der Waals surface area contributed by atoms with Gasteiger partial charge in [0.15, 0.2) is 11.4 Å². The summed E-state index contributed by atoms with van der Waals surface area (Å²) in [5, 5.41) is 57.6. The van der Waals surface area contributed by atoms with Crippen LogP contribution in [0.4, 0.5) is 0 Å². The van der Waals surface area contributed by atoms with Crippen LogP contribution >= 0.6 is 11.8 Å². The fourth-order valence-electron chi connectivity index (χ4n) is 6.72. The van der Waals surface area contributed by atoms with E-state index in [4.69, 9.17) is 5.73 Å². The van der Waals surface area contributed by atoms with E-state index in [0.29, 0.717) is 16.9 Å². The number of rotatable bonds is 4. The highest BCUT2D eigenvalue weighted by molar-refractivity contribution is 7.97. The van der Waals surface area contributed by atoms with E-state index in [9.17, 15) is 39.9 Å². The van der Waals surface area contributed by atoms with Crippen molar-refractivity contribution in [1.82, 2.24) is 4.90 Å². The van der Waals surface area contributed by atoms with Gasteiger partial charge in [0.2, 0.25) is 5.78 Å². The molecule has 7 N–H and O–H groups in total. The molecule has 0 spiro atoms. The van der Waals surface area contributed by atoms with Gasteiger partial charge in [0.25, 0.3) is 5.91 Å². The van der Waals surface area contributed by atoms with Crippen molar-refractivity contribution in [2.24, 2.45) is 17.6 Å². The number of thioether (sulfide) groups is 1. The van der Waals surface area contributed by atoms with Gasteiger partial charge in [0.05, 0.1) is 23.6 Å². The zero-order valence-corrected chi connectivity index (χ0v) is 23.9. The van der Waals surface area contributed by atoms with E-state index in [2.05, 4.69) is 0 Å². The highest BCUT2D eigenvalue weighted by Crippen LogP contribution is 2.57. The molecule has 0 unspecified atom stereocenters. The van der Waals surface area contributed by atoms with Crippen molar-refractivity contribution in [3.8, 4) is 5.75 Å². The first-order chi connectivity index (χ1) is 17.9. The molecule has 39 heavy (non-hydrogen) atoms. The zero-order chi connectivity index (χ0) is 29.5. The Bertz CT molecular complexity index is 1360. The summed E-state index contributed by atoms with van der Waals surface area (Å²) in [5.74, 6) is -8.32. The van der Waals surface area contributed by atoms with Crippen LogP contribution in [0.2, 0.25) is 0 Å². The van der Waals surface area contributed by atoms with Crippen LogP contribution in [-0.2, 0) is 25.6 Å². The van der Waals surface area contributed by atoms with Crippen molar-refractivity contribution in [2.45, 2.75) is 62.5 Å². The van der Waals surface area contributed by atoms with E-state index in [0.717, 1.165) is 5.56 Å². The maximum Gasteiger partial charge on any atom is 0.255 e. The third kappa shape index (κ3) is 3.85. The first kappa shape index (κ1) is 29.1. The molecule has 0 heterocycles. The van der Waals surface area contributed by atoms with E-state index < -0.39 is 75.5 Å². The quantitative estimate of drug-likeness (QED) is 0.296. The molecule has 0 radical (unpaired) electrons. The lowest BCUT2D eigenvalue weighted by Gasteiger charge is -2.54. The number of aliphatic hydroxyl groups excluding tert-OH is 3. The molecule has 1 fully saturated rings. The second-order valence-corrected chi connectivity index (χ2v) is 12.8. The van der Waals surface area contributed by atoms with Crippen LogP contribution in [0.15, 0.2) is 23.0 Å². The standard InChI is InChI=1S/C28H36N2O8S/c1-10-13-11(9-39-7)8-12(27(2,3)4)20(31)15(13)21(32)16-14(10)22(33)18-19(30(5)6)23(34)17(26(29)37)25(36)28(18,38)24(16)35/h8,10,14,18-19,22,31-33,36,38H,9H2,1-7H3,(H2,29,37)/t10-,14+,18+,19-,22-,28-/m1/s1. The van der Waals surface area contributed by atoms with Crippen LogP contribution in [0.3, 0.4) is 0 Å². The van der Waals surface area contributed by atoms with Gasteiger partial charge in [-0.05, 0) is 42.8 Å². The number of Topliss-reactive ketones (excluding diaryl/α,β-unsaturated/α-hetero) is 2. The van der Waals surface area contributed by atoms with Gasteiger partial charge in [-0.2, -0.15) is 11.8 Å². The summed E-state index contributed by atoms with van der Waals surface area (Å²) in [5.41, 5.74) is 2.51. The van der Waals surface area contributed by atoms with Crippen molar-refractivity contribution in [2.75, 3.05) is 20.4 Å². The van der Waals surface area contributed by atoms with Crippen molar-refractivity contribution < 1.29 is 39.9 Å². The number of hydrogen-bond acceptors (Lipinski definition) is 10. The molecular formula is C28H36N2O8S. The van der Waals surface area contributed by atoms with Crippen LogP contribution in [0.5, 0.6) is 5.75 Å². The van der Waals surface area contributed by atoms with Gasteiger partial charge >= 0.3 is 0 Å². The number of aromatic hydroxyl groups is 1. The molecule has 1 saturated carbocycles. The fraction of sp³-hybridized carbons (Fsp3) is 0.536. The van der Waals surface area contributed by atoms with Gasteiger partial charge in [0.1, 0.15) is 22.8 Å². The Hall–Kier alpha value is -2.86. The molecule has 11 heteroatoms.